The zero-order chi connectivity index (χ0) is 10.7. The third kappa shape index (κ3) is 2.15. The number of methoxy groups -OCH3 is 1. The van der Waals surface area contributed by atoms with Gasteiger partial charge in [0.2, 0.25) is 0 Å². The van der Waals surface area contributed by atoms with Crippen molar-refractivity contribution in [2.75, 3.05) is 7.11 Å². The molecule has 0 N–H and O–H groups in total. The number of ether oxygens (including phenoxy) is 1. The summed E-state index contributed by atoms with van der Waals surface area (Å²) in [6.45, 7) is 0. The third-order valence-corrected chi connectivity index (χ3v) is 2.46. The van der Waals surface area contributed by atoms with E-state index in [9.17, 15) is 0 Å². The minimum Gasteiger partial charge on any atom is -0.496 e. The number of hydrogen-bond acceptors (Lipinski definition) is 3. The summed E-state index contributed by atoms with van der Waals surface area (Å²) in [6.07, 6.45) is 3.42. The van der Waals surface area contributed by atoms with Crippen molar-refractivity contribution < 1.29 is 4.74 Å². The Bertz CT molecular complexity index is 459. The summed E-state index contributed by atoms with van der Waals surface area (Å²) < 4.78 is 6.24. The first-order valence-electron chi connectivity index (χ1n) is 4.42. The summed E-state index contributed by atoms with van der Waals surface area (Å²) in [6, 6.07) is 7.55. The molecular weight excluding hydrogens is 256 g/mol. The Labute approximate surface area is 96.3 Å². The molecule has 2 rings (SSSR count). The molecule has 0 aliphatic carbocycles. The SMILES string of the molecule is COc1cc(Br)ccc1-c1ncccn1. The summed E-state index contributed by atoms with van der Waals surface area (Å²) in [5, 5.41) is 0. The Morgan fingerprint density at radius 3 is 2.60 bits per heavy atom. The first kappa shape index (κ1) is 10.1. The van der Waals surface area contributed by atoms with Gasteiger partial charge in [-0.1, -0.05) is 15.9 Å². The Hall–Kier alpha value is -1.42. The molecule has 4 heteroatoms. The second kappa shape index (κ2) is 4.40. The van der Waals surface area contributed by atoms with Gasteiger partial charge >= 0.3 is 0 Å². The molecule has 15 heavy (non-hydrogen) atoms. The molecule has 0 saturated carbocycles. The first-order valence-corrected chi connectivity index (χ1v) is 5.21. The van der Waals surface area contributed by atoms with Gasteiger partial charge in [0.05, 0.1) is 12.7 Å². The maximum atomic E-state index is 5.27. The van der Waals surface area contributed by atoms with E-state index in [0.717, 1.165) is 15.8 Å². The lowest BCUT2D eigenvalue weighted by Gasteiger charge is -2.06. The molecule has 3 nitrogen and oxygen atoms in total. The van der Waals surface area contributed by atoms with E-state index in [0.29, 0.717) is 5.82 Å². The van der Waals surface area contributed by atoms with Crippen LogP contribution in [0.15, 0.2) is 41.1 Å². The van der Waals surface area contributed by atoms with Crippen LogP contribution in [0.5, 0.6) is 5.75 Å². The highest BCUT2D eigenvalue weighted by atomic mass is 79.9. The number of aromatic nitrogens is 2. The first-order chi connectivity index (χ1) is 7.31. The lowest BCUT2D eigenvalue weighted by molar-refractivity contribution is 0.416. The molecule has 0 spiro atoms. The van der Waals surface area contributed by atoms with Gasteiger partial charge in [0.25, 0.3) is 0 Å². The van der Waals surface area contributed by atoms with Crippen LogP contribution in [-0.4, -0.2) is 17.1 Å². The maximum Gasteiger partial charge on any atom is 0.162 e. The van der Waals surface area contributed by atoms with Crippen molar-refractivity contribution in [3.63, 3.8) is 0 Å². The largest absolute Gasteiger partial charge is 0.496 e. The molecule has 0 saturated heterocycles. The molecular formula is C11H9BrN2O. The average Bonchev–Trinajstić information content (AvgIpc) is 2.30. The van der Waals surface area contributed by atoms with Gasteiger partial charge in [-0.05, 0) is 24.3 Å². The van der Waals surface area contributed by atoms with E-state index in [1.165, 1.54) is 0 Å². The minimum atomic E-state index is 0.668. The van der Waals surface area contributed by atoms with Crippen LogP contribution in [0.25, 0.3) is 11.4 Å². The number of halogens is 1. The fraction of sp³-hybridized carbons (Fsp3) is 0.0909. The predicted octanol–water partition coefficient (Wildman–Crippen LogP) is 2.91. The molecule has 0 amide bonds. The monoisotopic (exact) mass is 264 g/mol. The van der Waals surface area contributed by atoms with Crippen molar-refractivity contribution in [3.8, 4) is 17.1 Å². The fourth-order valence-corrected chi connectivity index (χ4v) is 1.63. The topological polar surface area (TPSA) is 35.0 Å². The summed E-state index contributed by atoms with van der Waals surface area (Å²) in [5.74, 6) is 1.43. The quantitative estimate of drug-likeness (QED) is 0.837. The molecule has 0 fully saturated rings. The van der Waals surface area contributed by atoms with Crippen molar-refractivity contribution in [2.24, 2.45) is 0 Å². The fourth-order valence-electron chi connectivity index (χ4n) is 1.29. The summed E-state index contributed by atoms with van der Waals surface area (Å²) >= 11 is 3.39. The standard InChI is InChI=1S/C11H9BrN2O/c1-15-10-7-8(12)3-4-9(10)11-13-5-2-6-14-11/h2-7H,1H3. The summed E-state index contributed by atoms with van der Waals surface area (Å²) in [7, 11) is 1.63. The van der Waals surface area contributed by atoms with E-state index in [4.69, 9.17) is 4.74 Å². The highest BCUT2D eigenvalue weighted by Crippen LogP contribution is 2.29. The van der Waals surface area contributed by atoms with Crippen molar-refractivity contribution in [2.45, 2.75) is 0 Å². The van der Waals surface area contributed by atoms with Crippen molar-refractivity contribution in [1.29, 1.82) is 0 Å². The third-order valence-electron chi connectivity index (χ3n) is 1.97. The van der Waals surface area contributed by atoms with Crippen molar-refractivity contribution in [1.82, 2.24) is 9.97 Å². The zero-order valence-corrected chi connectivity index (χ0v) is 9.73. The van der Waals surface area contributed by atoms with E-state index < -0.39 is 0 Å². The highest BCUT2D eigenvalue weighted by molar-refractivity contribution is 9.10. The Morgan fingerprint density at radius 2 is 1.93 bits per heavy atom. The molecule has 0 unspecified atom stereocenters. The van der Waals surface area contributed by atoms with E-state index >= 15 is 0 Å². The average molecular weight is 265 g/mol. The number of rotatable bonds is 2. The van der Waals surface area contributed by atoms with Crippen LogP contribution in [0.1, 0.15) is 0 Å². The van der Waals surface area contributed by atoms with Crippen LogP contribution < -0.4 is 4.74 Å². The summed E-state index contributed by atoms with van der Waals surface area (Å²) in [5.41, 5.74) is 0.890. The van der Waals surface area contributed by atoms with E-state index in [1.807, 2.05) is 18.2 Å². The van der Waals surface area contributed by atoms with Crippen LogP contribution in [0, 0.1) is 0 Å². The normalized spacial score (nSPS) is 10.0. The second-order valence-corrected chi connectivity index (χ2v) is 3.83. The van der Waals surface area contributed by atoms with Crippen LogP contribution in [0.3, 0.4) is 0 Å². The molecule has 1 aromatic carbocycles. The van der Waals surface area contributed by atoms with Crippen LogP contribution in [0.2, 0.25) is 0 Å². The van der Waals surface area contributed by atoms with Crippen LogP contribution in [0.4, 0.5) is 0 Å². The van der Waals surface area contributed by atoms with Gasteiger partial charge < -0.3 is 4.74 Å². The highest BCUT2D eigenvalue weighted by Gasteiger charge is 2.07. The number of benzene rings is 1. The van der Waals surface area contributed by atoms with Gasteiger partial charge in [0.1, 0.15) is 5.75 Å². The molecule has 0 aliphatic heterocycles. The predicted molar refractivity (Wildman–Crippen MR) is 61.7 cm³/mol. The Morgan fingerprint density at radius 1 is 1.20 bits per heavy atom. The lowest BCUT2D eigenvalue weighted by atomic mass is 10.2. The molecule has 0 atom stereocenters. The smallest absolute Gasteiger partial charge is 0.162 e. The van der Waals surface area contributed by atoms with Crippen LogP contribution >= 0.6 is 15.9 Å². The second-order valence-electron chi connectivity index (χ2n) is 2.92. The molecule has 1 aromatic heterocycles. The maximum absolute atomic E-state index is 5.27. The molecule has 0 radical (unpaired) electrons. The van der Waals surface area contributed by atoms with Gasteiger partial charge in [0.15, 0.2) is 5.82 Å². The number of hydrogen-bond donors (Lipinski definition) is 0. The molecule has 2 aromatic rings. The lowest BCUT2D eigenvalue weighted by Crippen LogP contribution is -1.91. The minimum absolute atomic E-state index is 0.668. The Balaban J connectivity index is 2.53. The summed E-state index contributed by atoms with van der Waals surface area (Å²) in [4.78, 5) is 8.36. The zero-order valence-electron chi connectivity index (χ0n) is 8.14. The number of nitrogens with zero attached hydrogens (tertiary/aromatic N) is 2. The molecule has 0 aliphatic rings. The molecule has 0 bridgehead atoms. The Kier molecular flexibility index (Phi) is 2.97. The van der Waals surface area contributed by atoms with Gasteiger partial charge in [-0.3, -0.25) is 0 Å². The van der Waals surface area contributed by atoms with Gasteiger partial charge in [-0.15, -0.1) is 0 Å². The molecule has 76 valence electrons. The van der Waals surface area contributed by atoms with E-state index in [1.54, 1.807) is 25.6 Å². The van der Waals surface area contributed by atoms with Gasteiger partial charge in [-0.25, -0.2) is 9.97 Å². The van der Waals surface area contributed by atoms with Gasteiger partial charge in [-0.2, -0.15) is 0 Å². The van der Waals surface area contributed by atoms with Crippen LogP contribution in [-0.2, 0) is 0 Å². The van der Waals surface area contributed by atoms with Crippen molar-refractivity contribution >= 4 is 15.9 Å². The van der Waals surface area contributed by atoms with Crippen molar-refractivity contribution in [3.05, 3.63) is 41.1 Å². The molecule has 1 heterocycles. The van der Waals surface area contributed by atoms with E-state index in [-0.39, 0.29) is 0 Å². The van der Waals surface area contributed by atoms with Gasteiger partial charge in [0, 0.05) is 16.9 Å². The van der Waals surface area contributed by atoms with E-state index in [2.05, 4.69) is 25.9 Å².